The average molecular weight is 449 g/mol. The molecule has 0 saturated carbocycles. The van der Waals surface area contributed by atoms with Gasteiger partial charge in [-0.05, 0) is 14.0 Å². The molecule has 3 heterocycles. The van der Waals surface area contributed by atoms with Crippen molar-refractivity contribution in [1.82, 2.24) is 10.6 Å². The van der Waals surface area contributed by atoms with E-state index < -0.39 is 84.5 Å². The number of urea groups is 1. The number of nitrogens with one attached hydrogen (secondary N) is 2. The van der Waals surface area contributed by atoms with Crippen LogP contribution in [0.2, 0.25) is 0 Å². The molecule has 0 radical (unpaired) electrons. The van der Waals surface area contributed by atoms with Gasteiger partial charge < -0.3 is 39.7 Å². The minimum atomic E-state index is -1.70. The summed E-state index contributed by atoms with van der Waals surface area (Å²) in [5.74, 6) is -0.749. The average Bonchev–Trinajstić information content (AvgIpc) is 3.19. The first kappa shape index (κ1) is 23.9. The second kappa shape index (κ2) is 8.65. The number of quaternary nitrogens is 1. The summed E-state index contributed by atoms with van der Waals surface area (Å²) in [6.45, 7) is 1.40. The number of hydrogen-bond donors (Lipinski definition) is 7. The molecule has 14 heteroatoms. The third-order valence-corrected chi connectivity index (χ3v) is 5.80. The second-order valence-electron chi connectivity index (χ2n) is 7.91. The van der Waals surface area contributed by atoms with E-state index >= 15 is 0 Å². The lowest BCUT2D eigenvalue weighted by molar-refractivity contribution is -0.954. The minimum absolute atomic E-state index is 0.652. The molecule has 10 atom stereocenters. The molecule has 2 amide bonds. The minimum Gasteiger partial charge on any atom is -0.457 e. The molecule has 14 nitrogen and oxygen atoms in total. The molecule has 0 spiro atoms. The lowest BCUT2D eigenvalue weighted by Crippen LogP contribution is -2.76. The summed E-state index contributed by atoms with van der Waals surface area (Å²) < 4.78 is 15.1. The zero-order valence-electron chi connectivity index (χ0n) is 17.3. The van der Waals surface area contributed by atoms with Gasteiger partial charge in [0, 0.05) is 6.92 Å². The molecule has 2 unspecified atom stereocenters. The summed E-state index contributed by atoms with van der Waals surface area (Å²) in [6.07, 6.45) is -10.6. The molecule has 0 bridgehead atoms. The molecular formula is C17H29N4O10+. The first-order valence-corrected chi connectivity index (χ1v) is 9.75. The standard InChI is InChI=1S/C17H28N4O10/c1-7(24)29-13-9(5-23)31-15(12(13)27)21(14-11(26)10(25)8(4-22)30-14)16(28)20-17(2,18-3)6-19-21/h6,8-15,18,22-23,25-27H,4-5H2,1-3H3/p+1/t8-,9-,10-,11-,12+,13-,14-,15-,17?,21?/m1/s1. The van der Waals surface area contributed by atoms with Crippen molar-refractivity contribution >= 4 is 18.2 Å². The van der Waals surface area contributed by atoms with Gasteiger partial charge in [-0.25, -0.2) is 4.79 Å². The predicted octanol–water partition coefficient (Wildman–Crippen LogP) is -4.10. The van der Waals surface area contributed by atoms with Crippen molar-refractivity contribution in [3.05, 3.63) is 0 Å². The van der Waals surface area contributed by atoms with Crippen LogP contribution in [0.1, 0.15) is 13.8 Å². The van der Waals surface area contributed by atoms with Crippen molar-refractivity contribution in [2.75, 3.05) is 20.3 Å². The van der Waals surface area contributed by atoms with E-state index in [0.717, 1.165) is 6.92 Å². The van der Waals surface area contributed by atoms with Gasteiger partial charge >= 0.3 is 12.0 Å². The summed E-state index contributed by atoms with van der Waals surface area (Å²) in [5.41, 5.74) is -1.09. The van der Waals surface area contributed by atoms with Gasteiger partial charge in [0.2, 0.25) is 0 Å². The first-order valence-electron chi connectivity index (χ1n) is 9.75. The fourth-order valence-electron chi connectivity index (χ4n) is 3.98. The highest BCUT2D eigenvalue weighted by Gasteiger charge is 2.69. The Morgan fingerprint density at radius 2 is 1.77 bits per heavy atom. The van der Waals surface area contributed by atoms with Crippen LogP contribution in [0.3, 0.4) is 0 Å². The van der Waals surface area contributed by atoms with Gasteiger partial charge in [-0.1, -0.05) is 9.69 Å². The van der Waals surface area contributed by atoms with E-state index in [1.807, 2.05) is 0 Å². The number of hydrogen-bond acceptors (Lipinski definition) is 12. The van der Waals surface area contributed by atoms with Crippen molar-refractivity contribution < 1.29 is 53.9 Å². The number of carbonyl (C=O) groups excluding carboxylic acids is 2. The molecule has 31 heavy (non-hydrogen) atoms. The molecule has 0 aromatic heterocycles. The van der Waals surface area contributed by atoms with E-state index in [1.54, 1.807) is 14.0 Å². The Morgan fingerprint density at radius 3 is 2.26 bits per heavy atom. The molecule has 2 saturated heterocycles. The van der Waals surface area contributed by atoms with E-state index in [-0.39, 0.29) is 0 Å². The van der Waals surface area contributed by atoms with Crippen LogP contribution in [-0.4, -0.2) is 123 Å². The van der Waals surface area contributed by atoms with Crippen molar-refractivity contribution in [3.8, 4) is 0 Å². The Balaban J connectivity index is 2.09. The van der Waals surface area contributed by atoms with Crippen molar-refractivity contribution in [3.63, 3.8) is 0 Å². The SMILES string of the molecule is CNC1(C)C=N[N+]([C@@H]2O[C@H](CO)[C@@H](O)[C@H]2O)([C@@H]2O[C@H](CO)[C@@H](OC(C)=O)[C@@H]2O)C(=O)N1. The highest BCUT2D eigenvalue weighted by Crippen LogP contribution is 2.40. The van der Waals surface area contributed by atoms with E-state index in [4.69, 9.17) is 14.2 Å². The van der Waals surface area contributed by atoms with E-state index in [2.05, 4.69) is 15.7 Å². The molecule has 3 aliphatic rings. The summed E-state index contributed by atoms with van der Waals surface area (Å²) in [4.78, 5) is 24.9. The van der Waals surface area contributed by atoms with E-state index in [9.17, 15) is 35.1 Å². The third-order valence-electron chi connectivity index (χ3n) is 5.80. The number of nitrogens with zero attached hydrogens (tertiary/aromatic N) is 2. The molecule has 0 aromatic rings. The molecule has 2 fully saturated rings. The van der Waals surface area contributed by atoms with Gasteiger partial charge in [0.05, 0.1) is 13.2 Å². The largest absolute Gasteiger partial charge is 0.457 e. The molecule has 3 rings (SSSR count). The van der Waals surface area contributed by atoms with Gasteiger partial charge in [0.15, 0.2) is 18.3 Å². The molecule has 0 aromatic carbocycles. The smallest absolute Gasteiger partial charge is 0.449 e. The van der Waals surface area contributed by atoms with Gasteiger partial charge in [-0.3, -0.25) is 15.4 Å². The normalized spacial score (nSPS) is 47.4. The maximum absolute atomic E-state index is 13.4. The Bertz CT molecular complexity index is 740. The third kappa shape index (κ3) is 3.83. The quantitative estimate of drug-likeness (QED) is 0.154. The first-order chi connectivity index (χ1) is 14.5. The van der Waals surface area contributed by atoms with Crippen LogP contribution in [0.4, 0.5) is 4.79 Å². The topological polar surface area (TPSA) is 199 Å². The second-order valence-corrected chi connectivity index (χ2v) is 7.91. The summed E-state index contributed by atoms with van der Waals surface area (Å²) in [6, 6.07) is -0.876. The van der Waals surface area contributed by atoms with E-state index in [0.29, 0.717) is 0 Å². The van der Waals surface area contributed by atoms with Crippen molar-refractivity contribution in [2.24, 2.45) is 5.10 Å². The Kier molecular flexibility index (Phi) is 6.67. The Morgan fingerprint density at radius 1 is 1.19 bits per heavy atom. The summed E-state index contributed by atoms with van der Waals surface area (Å²) in [7, 11) is 1.57. The lowest BCUT2D eigenvalue weighted by atomic mass is 10.1. The lowest BCUT2D eigenvalue weighted by Gasteiger charge is -2.44. The van der Waals surface area contributed by atoms with Gasteiger partial charge in [0.1, 0.15) is 30.2 Å². The van der Waals surface area contributed by atoms with Gasteiger partial charge in [-0.15, -0.1) is 0 Å². The predicted molar refractivity (Wildman–Crippen MR) is 99.8 cm³/mol. The highest BCUT2D eigenvalue weighted by atomic mass is 16.6. The maximum atomic E-state index is 13.4. The molecule has 176 valence electrons. The fraction of sp³-hybridized carbons (Fsp3) is 0.824. The van der Waals surface area contributed by atoms with Crippen LogP contribution in [0.5, 0.6) is 0 Å². The summed E-state index contributed by atoms with van der Waals surface area (Å²) in [5, 5.41) is 60.6. The van der Waals surface area contributed by atoms with Crippen LogP contribution < -0.4 is 10.6 Å². The number of aliphatic hydroxyl groups is 5. The molecule has 3 aliphatic heterocycles. The fourth-order valence-corrected chi connectivity index (χ4v) is 3.98. The van der Waals surface area contributed by atoms with Gasteiger partial charge in [-0.2, -0.15) is 0 Å². The van der Waals surface area contributed by atoms with Crippen molar-refractivity contribution in [1.29, 1.82) is 0 Å². The Labute approximate surface area is 177 Å². The molecule has 7 N–H and O–H groups in total. The number of amides is 2. The van der Waals surface area contributed by atoms with E-state index in [1.165, 1.54) is 6.21 Å². The number of esters is 1. The zero-order valence-corrected chi connectivity index (χ0v) is 17.3. The monoisotopic (exact) mass is 449 g/mol. The number of carbonyl (C=O) groups is 2. The Hall–Kier alpha value is -1.75. The van der Waals surface area contributed by atoms with Gasteiger partial charge in [0.25, 0.3) is 12.5 Å². The molecule has 0 aliphatic carbocycles. The number of ether oxygens (including phenoxy) is 3. The maximum Gasteiger partial charge on any atom is 0.449 e. The summed E-state index contributed by atoms with van der Waals surface area (Å²) >= 11 is 0. The van der Waals surface area contributed by atoms with Crippen LogP contribution in [0.25, 0.3) is 0 Å². The van der Waals surface area contributed by atoms with Crippen LogP contribution in [0.15, 0.2) is 5.10 Å². The number of aliphatic hydroxyl groups excluding tert-OH is 5. The van der Waals surface area contributed by atoms with Crippen molar-refractivity contribution in [2.45, 2.75) is 68.6 Å². The number of rotatable bonds is 6. The molecular weight excluding hydrogens is 420 g/mol. The van der Waals surface area contributed by atoms with Crippen LogP contribution in [-0.2, 0) is 19.0 Å². The van der Waals surface area contributed by atoms with Crippen LogP contribution >= 0.6 is 0 Å². The van der Waals surface area contributed by atoms with Crippen LogP contribution in [0, 0.1) is 0 Å². The zero-order chi connectivity index (χ0) is 23.1. The highest BCUT2D eigenvalue weighted by molar-refractivity contribution is 5.81.